The van der Waals surface area contributed by atoms with E-state index in [1.165, 1.54) is 6.08 Å². The van der Waals surface area contributed by atoms with E-state index in [2.05, 4.69) is 11.6 Å². The Kier molecular flexibility index (Phi) is 1.40. The first-order valence-corrected chi connectivity index (χ1v) is 3.65. The summed E-state index contributed by atoms with van der Waals surface area (Å²) in [5, 5.41) is 1.66. The fourth-order valence-corrected chi connectivity index (χ4v) is 1.16. The molecule has 0 aromatic heterocycles. The zero-order valence-corrected chi connectivity index (χ0v) is 6.45. The smallest absolute Gasteiger partial charge is 0.267 e. The number of amides is 1. The number of fused-ring (bicyclic) bond motifs is 1. The van der Waals surface area contributed by atoms with Gasteiger partial charge in [0.25, 0.3) is 5.91 Å². The van der Waals surface area contributed by atoms with E-state index < -0.39 is 0 Å². The van der Waals surface area contributed by atoms with Crippen LogP contribution in [0, 0.1) is 0 Å². The summed E-state index contributed by atoms with van der Waals surface area (Å²) in [4.78, 5) is 14.7. The van der Waals surface area contributed by atoms with Gasteiger partial charge in [0, 0.05) is 11.6 Å². The van der Waals surface area contributed by atoms with Gasteiger partial charge >= 0.3 is 0 Å². The summed E-state index contributed by atoms with van der Waals surface area (Å²) in [6.07, 6.45) is 3.22. The molecule has 0 radical (unpaired) electrons. The highest BCUT2D eigenvalue weighted by molar-refractivity contribution is 5.94. The van der Waals surface area contributed by atoms with Crippen molar-refractivity contribution in [1.82, 2.24) is 0 Å². The lowest BCUT2D eigenvalue weighted by Gasteiger charge is -1.98. The van der Waals surface area contributed by atoms with Gasteiger partial charge in [-0.2, -0.15) is 0 Å². The van der Waals surface area contributed by atoms with Crippen molar-refractivity contribution in [1.29, 1.82) is 0 Å². The molecule has 2 heteroatoms. The fraction of sp³-hybridized carbons (Fsp3) is 0. The second-order valence-corrected chi connectivity index (χ2v) is 2.68. The van der Waals surface area contributed by atoms with Crippen molar-refractivity contribution in [3.63, 3.8) is 0 Å². The summed E-state index contributed by atoms with van der Waals surface area (Å²) in [6.45, 7) is 3.79. The van der Waals surface area contributed by atoms with Gasteiger partial charge < -0.3 is 0 Å². The standard InChI is InChI=1S/C10H7NO/c1-7-2-4-9-8(6-7)3-5-10(12)11-9/h2-6H,1H2. The molecular weight excluding hydrogens is 150 g/mol. The lowest BCUT2D eigenvalue weighted by Crippen LogP contribution is -2.16. The van der Waals surface area contributed by atoms with Crippen LogP contribution in [0.25, 0.3) is 12.7 Å². The fourth-order valence-electron chi connectivity index (χ4n) is 1.16. The van der Waals surface area contributed by atoms with Crippen LogP contribution in [0.15, 0.2) is 29.3 Å². The lowest BCUT2D eigenvalue weighted by atomic mass is 10.1. The van der Waals surface area contributed by atoms with Gasteiger partial charge in [0.2, 0.25) is 0 Å². The third-order valence-corrected chi connectivity index (χ3v) is 1.73. The molecule has 1 aliphatic rings. The Morgan fingerprint density at radius 3 is 2.92 bits per heavy atom. The van der Waals surface area contributed by atoms with Crippen molar-refractivity contribution in [2.24, 2.45) is 4.99 Å². The van der Waals surface area contributed by atoms with E-state index in [1.807, 2.05) is 12.1 Å². The second kappa shape index (κ2) is 2.41. The van der Waals surface area contributed by atoms with Crippen LogP contribution in [0.4, 0.5) is 0 Å². The number of rotatable bonds is 0. The molecule has 0 atom stereocenters. The Hall–Kier alpha value is -1.70. The van der Waals surface area contributed by atoms with Crippen LogP contribution in [0.2, 0.25) is 0 Å². The van der Waals surface area contributed by atoms with Crippen LogP contribution < -0.4 is 10.6 Å². The molecule has 0 fully saturated rings. The SMILES string of the molecule is C=c1ccc2c(c1)C=CC(=O)N=2. The molecule has 0 spiro atoms. The normalized spacial score (nSPS) is 13.8. The van der Waals surface area contributed by atoms with Crippen LogP contribution in [0.3, 0.4) is 0 Å². The Balaban J connectivity index is 2.81. The number of carbonyl (C=O) groups is 1. The molecule has 0 aliphatic carbocycles. The number of hydrogen-bond acceptors (Lipinski definition) is 1. The molecular formula is C10H7NO. The van der Waals surface area contributed by atoms with Crippen molar-refractivity contribution >= 4 is 18.6 Å². The topological polar surface area (TPSA) is 29.4 Å². The van der Waals surface area contributed by atoms with E-state index in [4.69, 9.17) is 0 Å². The van der Waals surface area contributed by atoms with Crippen molar-refractivity contribution in [3.05, 3.63) is 40.4 Å². The minimum Gasteiger partial charge on any atom is -0.267 e. The third kappa shape index (κ3) is 1.07. The Bertz CT molecular complexity index is 471. The van der Waals surface area contributed by atoms with E-state index in [-0.39, 0.29) is 5.91 Å². The van der Waals surface area contributed by atoms with Crippen LogP contribution in [-0.2, 0) is 4.79 Å². The highest BCUT2D eigenvalue weighted by Crippen LogP contribution is 1.96. The van der Waals surface area contributed by atoms with Crippen LogP contribution in [0.1, 0.15) is 5.56 Å². The number of hydrogen-bond donors (Lipinski definition) is 0. The monoisotopic (exact) mass is 157 g/mol. The van der Waals surface area contributed by atoms with Gasteiger partial charge in [-0.1, -0.05) is 12.6 Å². The van der Waals surface area contributed by atoms with Crippen LogP contribution >= 0.6 is 0 Å². The lowest BCUT2D eigenvalue weighted by molar-refractivity contribution is -0.113. The zero-order valence-electron chi connectivity index (χ0n) is 6.45. The molecule has 1 heterocycles. The number of nitrogens with zero attached hydrogens (tertiary/aromatic N) is 1. The molecule has 0 saturated carbocycles. The van der Waals surface area contributed by atoms with Crippen LogP contribution in [0.5, 0.6) is 0 Å². The summed E-state index contributed by atoms with van der Waals surface area (Å²) in [7, 11) is 0. The average Bonchev–Trinajstić information content (AvgIpc) is 2.05. The predicted octanol–water partition coefficient (Wildman–Crippen LogP) is 0.270. The minimum atomic E-state index is -0.195. The third-order valence-electron chi connectivity index (χ3n) is 1.73. The van der Waals surface area contributed by atoms with Gasteiger partial charge in [-0.3, -0.25) is 4.79 Å². The first-order valence-electron chi connectivity index (χ1n) is 3.65. The molecule has 0 unspecified atom stereocenters. The second-order valence-electron chi connectivity index (χ2n) is 2.68. The molecule has 12 heavy (non-hydrogen) atoms. The van der Waals surface area contributed by atoms with Gasteiger partial charge in [-0.15, -0.1) is 0 Å². The summed E-state index contributed by atoms with van der Waals surface area (Å²) >= 11 is 0. The molecule has 1 aromatic rings. The maximum Gasteiger partial charge on any atom is 0.270 e. The molecule has 2 nitrogen and oxygen atoms in total. The summed E-state index contributed by atoms with van der Waals surface area (Å²) in [5.74, 6) is -0.195. The molecule has 0 N–H and O–H groups in total. The molecule has 0 saturated heterocycles. The maximum absolute atomic E-state index is 10.8. The van der Waals surface area contributed by atoms with Crippen molar-refractivity contribution in [2.75, 3.05) is 0 Å². The van der Waals surface area contributed by atoms with Gasteiger partial charge in [0.05, 0.1) is 5.36 Å². The zero-order chi connectivity index (χ0) is 8.55. The Morgan fingerprint density at radius 2 is 2.08 bits per heavy atom. The number of benzene rings is 1. The maximum atomic E-state index is 10.8. The van der Waals surface area contributed by atoms with E-state index in [0.717, 1.165) is 16.1 Å². The van der Waals surface area contributed by atoms with Crippen molar-refractivity contribution in [2.45, 2.75) is 0 Å². The average molecular weight is 157 g/mol. The summed E-state index contributed by atoms with van der Waals surface area (Å²) < 4.78 is 0. The highest BCUT2D eigenvalue weighted by atomic mass is 16.1. The van der Waals surface area contributed by atoms with Gasteiger partial charge in [0.15, 0.2) is 0 Å². The highest BCUT2D eigenvalue weighted by Gasteiger charge is 2.00. The molecule has 1 amide bonds. The van der Waals surface area contributed by atoms with Crippen molar-refractivity contribution in [3.8, 4) is 0 Å². The van der Waals surface area contributed by atoms with Gasteiger partial charge in [0.1, 0.15) is 0 Å². The molecule has 1 aromatic carbocycles. The van der Waals surface area contributed by atoms with E-state index in [9.17, 15) is 4.79 Å². The van der Waals surface area contributed by atoms with Gasteiger partial charge in [-0.25, -0.2) is 4.99 Å². The van der Waals surface area contributed by atoms with E-state index in [1.54, 1.807) is 12.1 Å². The first-order chi connectivity index (χ1) is 5.75. The summed E-state index contributed by atoms with van der Waals surface area (Å²) in [6, 6.07) is 5.55. The van der Waals surface area contributed by atoms with Gasteiger partial charge in [-0.05, 0) is 23.4 Å². The Morgan fingerprint density at radius 1 is 1.25 bits per heavy atom. The Labute approximate surface area is 69.6 Å². The first kappa shape index (κ1) is 6.98. The minimum absolute atomic E-state index is 0.195. The van der Waals surface area contributed by atoms with E-state index >= 15 is 0 Å². The molecule has 58 valence electrons. The molecule has 2 rings (SSSR count). The quantitative estimate of drug-likeness (QED) is 0.531. The van der Waals surface area contributed by atoms with Crippen LogP contribution in [-0.4, -0.2) is 5.91 Å². The largest absolute Gasteiger partial charge is 0.270 e. The molecule has 0 bridgehead atoms. The molecule has 1 aliphatic heterocycles. The number of carbonyl (C=O) groups excluding carboxylic acids is 1. The van der Waals surface area contributed by atoms with E-state index in [0.29, 0.717) is 0 Å². The van der Waals surface area contributed by atoms with Crippen molar-refractivity contribution < 1.29 is 4.79 Å². The predicted molar refractivity (Wildman–Crippen MR) is 46.8 cm³/mol. The summed E-state index contributed by atoms with van der Waals surface area (Å²) in [5.41, 5.74) is 0.960.